The van der Waals surface area contributed by atoms with Gasteiger partial charge in [-0.3, -0.25) is 0 Å². The molecule has 2 nitrogen and oxygen atoms in total. The molecule has 0 amide bonds. The zero-order valence-electron chi connectivity index (χ0n) is 11.5. The van der Waals surface area contributed by atoms with Crippen LogP contribution in [0, 0.1) is 0 Å². The molecule has 3 N–H and O–H groups in total. The van der Waals surface area contributed by atoms with Crippen LogP contribution in [0.1, 0.15) is 46.0 Å². The summed E-state index contributed by atoms with van der Waals surface area (Å²) in [4.78, 5) is 0. The van der Waals surface area contributed by atoms with Gasteiger partial charge in [0.1, 0.15) is 0 Å². The Hall–Kier alpha value is -0.540. The van der Waals surface area contributed by atoms with E-state index in [1.54, 1.807) is 0 Å². The van der Waals surface area contributed by atoms with Gasteiger partial charge in [0.2, 0.25) is 0 Å². The number of hydrogen-bond donors (Lipinski definition) is 2. The first-order valence-corrected chi connectivity index (χ1v) is 7.63. The van der Waals surface area contributed by atoms with Crippen molar-refractivity contribution < 1.29 is 0 Å². The Labute approximate surface area is 119 Å². The number of hydrogen-bond acceptors (Lipinski definition) is 2. The van der Waals surface area contributed by atoms with Crippen molar-refractivity contribution >= 4 is 21.6 Å². The van der Waals surface area contributed by atoms with Crippen molar-refractivity contribution in [3.8, 4) is 0 Å². The highest BCUT2D eigenvalue weighted by Gasteiger charge is 2.21. The number of anilines is 1. The number of halogens is 1. The second kappa shape index (κ2) is 7.80. The molecule has 0 aliphatic carbocycles. The van der Waals surface area contributed by atoms with Crippen molar-refractivity contribution in [2.24, 2.45) is 5.73 Å². The summed E-state index contributed by atoms with van der Waals surface area (Å²) >= 11 is 3.45. The van der Waals surface area contributed by atoms with Crippen LogP contribution in [0.5, 0.6) is 0 Å². The molecular weight excluding hydrogens is 288 g/mol. The average Bonchev–Trinajstić information content (AvgIpc) is 2.38. The van der Waals surface area contributed by atoms with Gasteiger partial charge in [0.25, 0.3) is 0 Å². The quantitative estimate of drug-likeness (QED) is 0.691. The smallest absolute Gasteiger partial charge is 0.0467 e. The maximum atomic E-state index is 5.93. The Morgan fingerprint density at radius 3 is 2.39 bits per heavy atom. The van der Waals surface area contributed by atoms with E-state index in [0.717, 1.165) is 16.6 Å². The average molecular weight is 313 g/mol. The zero-order valence-corrected chi connectivity index (χ0v) is 13.1. The fourth-order valence-electron chi connectivity index (χ4n) is 2.04. The molecule has 1 atom stereocenters. The maximum Gasteiger partial charge on any atom is 0.0467 e. The van der Waals surface area contributed by atoms with Crippen LogP contribution in [0.3, 0.4) is 0 Å². The second-order valence-electron chi connectivity index (χ2n) is 5.21. The zero-order chi connectivity index (χ0) is 13.4. The van der Waals surface area contributed by atoms with Crippen LogP contribution in [0.25, 0.3) is 0 Å². The van der Waals surface area contributed by atoms with E-state index in [2.05, 4.69) is 59.4 Å². The predicted octanol–water partition coefficient (Wildman–Crippen LogP) is 4.55. The lowest BCUT2D eigenvalue weighted by Gasteiger charge is -2.31. The highest BCUT2D eigenvalue weighted by molar-refractivity contribution is 9.10. The fourth-order valence-corrected chi connectivity index (χ4v) is 2.30. The Kier molecular flexibility index (Phi) is 6.72. The monoisotopic (exact) mass is 312 g/mol. The third kappa shape index (κ3) is 5.40. The molecule has 18 heavy (non-hydrogen) atoms. The molecule has 3 heteroatoms. The van der Waals surface area contributed by atoms with E-state index in [1.165, 1.54) is 25.7 Å². The van der Waals surface area contributed by atoms with E-state index in [-0.39, 0.29) is 5.54 Å². The third-order valence-electron chi connectivity index (χ3n) is 3.32. The minimum atomic E-state index is 0.00156. The van der Waals surface area contributed by atoms with Gasteiger partial charge in [0.05, 0.1) is 0 Å². The van der Waals surface area contributed by atoms with Crippen molar-refractivity contribution in [3.63, 3.8) is 0 Å². The summed E-state index contributed by atoms with van der Waals surface area (Å²) in [6.45, 7) is 5.11. The van der Waals surface area contributed by atoms with E-state index in [9.17, 15) is 0 Å². The molecule has 0 saturated heterocycles. The third-order valence-corrected chi connectivity index (χ3v) is 3.85. The molecule has 1 rings (SSSR count). The summed E-state index contributed by atoms with van der Waals surface area (Å²) < 4.78 is 1.10. The SMILES string of the molecule is CCCCCCC(C)(CN)Nc1ccc(Br)cc1. The number of benzene rings is 1. The molecule has 0 aromatic heterocycles. The van der Waals surface area contributed by atoms with Crippen LogP contribution < -0.4 is 11.1 Å². The Balaban J connectivity index is 2.50. The van der Waals surface area contributed by atoms with Gasteiger partial charge < -0.3 is 11.1 Å². The summed E-state index contributed by atoms with van der Waals surface area (Å²) in [5, 5.41) is 3.56. The molecule has 0 aliphatic heterocycles. The second-order valence-corrected chi connectivity index (χ2v) is 6.12. The number of nitrogens with two attached hydrogens (primary N) is 1. The number of unbranched alkanes of at least 4 members (excludes halogenated alkanes) is 3. The van der Waals surface area contributed by atoms with Crippen LogP contribution >= 0.6 is 15.9 Å². The van der Waals surface area contributed by atoms with Crippen molar-refractivity contribution in [1.82, 2.24) is 0 Å². The largest absolute Gasteiger partial charge is 0.379 e. The van der Waals surface area contributed by atoms with Crippen LogP contribution in [0.2, 0.25) is 0 Å². The minimum absolute atomic E-state index is 0.00156. The summed E-state index contributed by atoms with van der Waals surface area (Å²) in [5.74, 6) is 0. The van der Waals surface area contributed by atoms with Gasteiger partial charge in [0.15, 0.2) is 0 Å². The lowest BCUT2D eigenvalue weighted by atomic mass is 9.93. The predicted molar refractivity (Wildman–Crippen MR) is 84.0 cm³/mol. The standard InChI is InChI=1S/C15H25BrN2/c1-3-4-5-6-11-15(2,12-17)18-14-9-7-13(16)8-10-14/h7-10,18H,3-6,11-12,17H2,1-2H3. The van der Waals surface area contributed by atoms with Gasteiger partial charge in [-0.1, -0.05) is 48.5 Å². The Morgan fingerprint density at radius 1 is 1.17 bits per heavy atom. The summed E-state index contributed by atoms with van der Waals surface area (Å²) in [5.41, 5.74) is 7.07. The van der Waals surface area contributed by atoms with E-state index in [0.29, 0.717) is 6.54 Å². The fraction of sp³-hybridized carbons (Fsp3) is 0.600. The molecule has 102 valence electrons. The Morgan fingerprint density at radius 2 is 1.83 bits per heavy atom. The van der Waals surface area contributed by atoms with Crippen LogP contribution in [-0.2, 0) is 0 Å². The maximum absolute atomic E-state index is 5.93. The highest BCUT2D eigenvalue weighted by Crippen LogP contribution is 2.22. The van der Waals surface area contributed by atoms with Crippen LogP contribution in [-0.4, -0.2) is 12.1 Å². The van der Waals surface area contributed by atoms with Crippen molar-refractivity contribution in [2.45, 2.75) is 51.5 Å². The molecule has 0 spiro atoms. The highest BCUT2D eigenvalue weighted by atomic mass is 79.9. The molecule has 0 heterocycles. The van der Waals surface area contributed by atoms with Gasteiger partial charge in [-0.25, -0.2) is 0 Å². The van der Waals surface area contributed by atoms with Crippen LogP contribution in [0.4, 0.5) is 5.69 Å². The van der Waals surface area contributed by atoms with Crippen molar-refractivity contribution in [3.05, 3.63) is 28.7 Å². The van der Waals surface area contributed by atoms with Crippen LogP contribution in [0.15, 0.2) is 28.7 Å². The summed E-state index contributed by atoms with van der Waals surface area (Å²) in [6, 6.07) is 8.28. The number of nitrogens with one attached hydrogen (secondary N) is 1. The summed E-state index contributed by atoms with van der Waals surface area (Å²) in [7, 11) is 0. The van der Waals surface area contributed by atoms with Gasteiger partial charge in [-0.05, 0) is 37.6 Å². The molecular formula is C15H25BrN2. The van der Waals surface area contributed by atoms with E-state index in [4.69, 9.17) is 5.73 Å². The van der Waals surface area contributed by atoms with Gasteiger partial charge in [-0.2, -0.15) is 0 Å². The molecule has 0 radical (unpaired) electrons. The molecule has 0 fully saturated rings. The normalized spacial score (nSPS) is 14.2. The molecule has 1 aromatic rings. The molecule has 0 aliphatic rings. The summed E-state index contributed by atoms with van der Waals surface area (Å²) in [6.07, 6.45) is 6.26. The molecule has 0 saturated carbocycles. The van der Waals surface area contributed by atoms with Gasteiger partial charge >= 0.3 is 0 Å². The Bertz CT molecular complexity index is 337. The first kappa shape index (κ1) is 15.5. The minimum Gasteiger partial charge on any atom is -0.379 e. The lowest BCUT2D eigenvalue weighted by molar-refractivity contribution is 0.451. The molecule has 0 bridgehead atoms. The van der Waals surface area contributed by atoms with Gasteiger partial charge in [0, 0.05) is 22.2 Å². The van der Waals surface area contributed by atoms with E-state index in [1.807, 2.05) is 0 Å². The van der Waals surface area contributed by atoms with Crippen molar-refractivity contribution in [1.29, 1.82) is 0 Å². The first-order valence-electron chi connectivity index (χ1n) is 6.83. The van der Waals surface area contributed by atoms with E-state index >= 15 is 0 Å². The van der Waals surface area contributed by atoms with Gasteiger partial charge in [-0.15, -0.1) is 0 Å². The first-order chi connectivity index (χ1) is 8.59. The van der Waals surface area contributed by atoms with E-state index < -0.39 is 0 Å². The lowest BCUT2D eigenvalue weighted by Crippen LogP contribution is -2.42. The number of rotatable bonds is 8. The topological polar surface area (TPSA) is 38.0 Å². The molecule has 1 unspecified atom stereocenters. The molecule has 1 aromatic carbocycles. The van der Waals surface area contributed by atoms with Crippen molar-refractivity contribution in [2.75, 3.05) is 11.9 Å².